The van der Waals surface area contributed by atoms with Crippen LogP contribution in [0.4, 0.5) is 13.2 Å². The summed E-state index contributed by atoms with van der Waals surface area (Å²) in [4.78, 5) is 11.9. The predicted octanol–water partition coefficient (Wildman–Crippen LogP) is 3.89. The van der Waals surface area contributed by atoms with Gasteiger partial charge in [0.2, 0.25) is 0 Å². The van der Waals surface area contributed by atoms with Crippen LogP contribution in [0.5, 0.6) is 11.5 Å². The largest absolute Gasteiger partial charge is 0.484 e. The number of aryl methyl sites for hydroxylation is 1. The van der Waals surface area contributed by atoms with Gasteiger partial charge >= 0.3 is 6.18 Å². The number of hydrogen-bond donors (Lipinski definition) is 1. The molecule has 0 heterocycles. The maximum absolute atomic E-state index is 12.2. The molecule has 0 bridgehead atoms. The Kier molecular flexibility index (Phi) is 6.89. The molecule has 0 saturated heterocycles. The molecule has 0 aliphatic carbocycles. The van der Waals surface area contributed by atoms with Crippen LogP contribution in [-0.2, 0) is 17.8 Å². The molecule has 0 aromatic heterocycles. The van der Waals surface area contributed by atoms with Gasteiger partial charge in [0.15, 0.2) is 13.2 Å². The fraction of sp³-hybridized carbons (Fsp3) is 0.316. The Balaban J connectivity index is 1.82. The van der Waals surface area contributed by atoms with Crippen LogP contribution in [0.15, 0.2) is 48.5 Å². The van der Waals surface area contributed by atoms with Crippen LogP contribution in [0.2, 0.25) is 0 Å². The van der Waals surface area contributed by atoms with E-state index in [9.17, 15) is 18.0 Å². The van der Waals surface area contributed by atoms with Crippen molar-refractivity contribution in [3.63, 3.8) is 0 Å². The van der Waals surface area contributed by atoms with Gasteiger partial charge in [0.05, 0.1) is 0 Å². The van der Waals surface area contributed by atoms with Gasteiger partial charge in [-0.05, 0) is 35.7 Å². The molecule has 26 heavy (non-hydrogen) atoms. The number of amides is 1. The smallest absolute Gasteiger partial charge is 0.422 e. The van der Waals surface area contributed by atoms with Crippen LogP contribution >= 0.6 is 0 Å². The number of halogens is 3. The first-order chi connectivity index (χ1) is 12.4. The average molecular weight is 367 g/mol. The predicted molar refractivity (Wildman–Crippen MR) is 91.2 cm³/mol. The third-order valence-corrected chi connectivity index (χ3v) is 3.50. The Hall–Kier alpha value is -2.70. The molecule has 2 aromatic carbocycles. The van der Waals surface area contributed by atoms with Crippen molar-refractivity contribution in [3.8, 4) is 11.5 Å². The minimum absolute atomic E-state index is 0.0993. The van der Waals surface area contributed by atoms with Gasteiger partial charge in [-0.15, -0.1) is 0 Å². The highest BCUT2D eigenvalue weighted by molar-refractivity contribution is 5.77. The van der Waals surface area contributed by atoms with Crippen LogP contribution < -0.4 is 14.8 Å². The van der Waals surface area contributed by atoms with E-state index in [1.54, 1.807) is 18.2 Å². The van der Waals surface area contributed by atoms with Crippen molar-refractivity contribution >= 4 is 5.91 Å². The Bertz CT molecular complexity index is 732. The van der Waals surface area contributed by atoms with E-state index in [-0.39, 0.29) is 24.8 Å². The number of nitrogens with one attached hydrogen (secondary N) is 1. The third-order valence-electron chi connectivity index (χ3n) is 3.50. The van der Waals surface area contributed by atoms with E-state index in [0.29, 0.717) is 11.3 Å². The maximum Gasteiger partial charge on any atom is 0.422 e. The quantitative estimate of drug-likeness (QED) is 0.770. The molecule has 0 spiro atoms. The van der Waals surface area contributed by atoms with E-state index in [0.717, 1.165) is 12.0 Å². The molecule has 0 fully saturated rings. The van der Waals surface area contributed by atoms with Gasteiger partial charge in [-0.1, -0.05) is 37.3 Å². The fourth-order valence-electron chi connectivity index (χ4n) is 2.24. The second-order valence-electron chi connectivity index (χ2n) is 5.58. The number of alkyl halides is 3. The molecular formula is C19H20F3NO3. The molecule has 4 nitrogen and oxygen atoms in total. The number of rotatable bonds is 8. The van der Waals surface area contributed by atoms with Crippen LogP contribution in [0.1, 0.15) is 18.1 Å². The molecule has 0 radical (unpaired) electrons. The van der Waals surface area contributed by atoms with Gasteiger partial charge in [0.25, 0.3) is 5.91 Å². The Morgan fingerprint density at radius 1 is 1.08 bits per heavy atom. The first-order valence-electron chi connectivity index (χ1n) is 8.13. The van der Waals surface area contributed by atoms with Crippen molar-refractivity contribution in [2.24, 2.45) is 0 Å². The SMILES string of the molecule is CCc1ccccc1OCC(=O)NCc1cccc(OCC(F)(F)F)c1. The summed E-state index contributed by atoms with van der Waals surface area (Å²) in [6.07, 6.45) is -3.60. The van der Waals surface area contributed by atoms with Crippen LogP contribution in [0.25, 0.3) is 0 Å². The second kappa shape index (κ2) is 9.12. The number of hydrogen-bond acceptors (Lipinski definition) is 3. The summed E-state index contributed by atoms with van der Waals surface area (Å²) >= 11 is 0. The Labute approximate surface area is 149 Å². The van der Waals surface area contributed by atoms with Crippen LogP contribution in [-0.4, -0.2) is 25.3 Å². The maximum atomic E-state index is 12.2. The van der Waals surface area contributed by atoms with Crippen molar-refractivity contribution in [1.29, 1.82) is 0 Å². The van der Waals surface area contributed by atoms with Crippen molar-refractivity contribution in [2.75, 3.05) is 13.2 Å². The summed E-state index contributed by atoms with van der Waals surface area (Å²) in [5.74, 6) is 0.437. The van der Waals surface area contributed by atoms with Crippen molar-refractivity contribution in [2.45, 2.75) is 26.1 Å². The van der Waals surface area contributed by atoms with Gasteiger partial charge in [0, 0.05) is 6.54 Å². The van der Waals surface area contributed by atoms with Crippen molar-refractivity contribution in [3.05, 3.63) is 59.7 Å². The molecule has 0 aliphatic heterocycles. The first-order valence-corrected chi connectivity index (χ1v) is 8.13. The zero-order chi connectivity index (χ0) is 19.0. The molecule has 2 aromatic rings. The summed E-state index contributed by atoms with van der Waals surface area (Å²) in [5.41, 5.74) is 1.64. The molecule has 2 rings (SSSR count). The highest BCUT2D eigenvalue weighted by atomic mass is 19.4. The zero-order valence-corrected chi connectivity index (χ0v) is 14.3. The molecule has 0 aliphatic rings. The van der Waals surface area contributed by atoms with Gasteiger partial charge in [0.1, 0.15) is 11.5 Å². The van der Waals surface area contributed by atoms with Crippen molar-refractivity contribution < 1.29 is 27.4 Å². The lowest BCUT2D eigenvalue weighted by Gasteiger charge is -2.12. The molecule has 7 heteroatoms. The van der Waals surface area contributed by atoms with Gasteiger partial charge in [-0.3, -0.25) is 4.79 Å². The molecule has 0 unspecified atom stereocenters. The van der Waals surface area contributed by atoms with Gasteiger partial charge in [-0.2, -0.15) is 13.2 Å². The molecule has 0 saturated carbocycles. The minimum atomic E-state index is -4.39. The topological polar surface area (TPSA) is 47.6 Å². The number of carbonyl (C=O) groups excluding carboxylic acids is 1. The average Bonchev–Trinajstić information content (AvgIpc) is 2.63. The number of benzene rings is 2. The van der Waals surface area contributed by atoms with Gasteiger partial charge in [-0.25, -0.2) is 0 Å². The molecule has 0 atom stereocenters. The van der Waals surface area contributed by atoms with E-state index in [2.05, 4.69) is 10.1 Å². The van der Waals surface area contributed by atoms with E-state index >= 15 is 0 Å². The standard InChI is InChI=1S/C19H20F3NO3/c1-2-15-7-3-4-9-17(15)25-12-18(24)23-11-14-6-5-8-16(10-14)26-13-19(20,21)22/h3-10H,2,11-13H2,1H3,(H,23,24). The second-order valence-corrected chi connectivity index (χ2v) is 5.58. The number of para-hydroxylation sites is 1. The molecule has 1 N–H and O–H groups in total. The minimum Gasteiger partial charge on any atom is -0.484 e. The third kappa shape index (κ3) is 6.66. The number of carbonyl (C=O) groups is 1. The van der Waals surface area contributed by atoms with E-state index < -0.39 is 12.8 Å². The monoisotopic (exact) mass is 367 g/mol. The first kappa shape index (κ1) is 19.6. The summed E-state index contributed by atoms with van der Waals surface area (Å²) < 4.78 is 46.7. The van der Waals surface area contributed by atoms with Crippen molar-refractivity contribution in [1.82, 2.24) is 5.32 Å². The number of ether oxygens (including phenoxy) is 2. The lowest BCUT2D eigenvalue weighted by atomic mass is 10.1. The van der Waals surface area contributed by atoms with E-state index in [1.807, 2.05) is 25.1 Å². The van der Waals surface area contributed by atoms with Crippen LogP contribution in [0.3, 0.4) is 0 Å². The Morgan fingerprint density at radius 3 is 2.58 bits per heavy atom. The Morgan fingerprint density at radius 2 is 1.85 bits per heavy atom. The molecular weight excluding hydrogens is 347 g/mol. The van der Waals surface area contributed by atoms with Gasteiger partial charge < -0.3 is 14.8 Å². The van der Waals surface area contributed by atoms with Crippen LogP contribution in [0, 0.1) is 0 Å². The highest BCUT2D eigenvalue weighted by Gasteiger charge is 2.28. The molecule has 1 amide bonds. The lowest BCUT2D eigenvalue weighted by molar-refractivity contribution is -0.153. The fourth-order valence-corrected chi connectivity index (χ4v) is 2.24. The summed E-state index contributed by atoms with van der Waals surface area (Å²) in [6, 6.07) is 13.6. The summed E-state index contributed by atoms with van der Waals surface area (Å²) in [6.45, 7) is 0.672. The van der Waals surface area contributed by atoms with E-state index in [1.165, 1.54) is 12.1 Å². The summed E-state index contributed by atoms with van der Waals surface area (Å²) in [5, 5.41) is 2.66. The normalized spacial score (nSPS) is 11.1. The van der Waals surface area contributed by atoms with E-state index in [4.69, 9.17) is 4.74 Å². The molecule has 140 valence electrons. The lowest BCUT2D eigenvalue weighted by Crippen LogP contribution is -2.28. The summed E-state index contributed by atoms with van der Waals surface area (Å²) in [7, 11) is 0. The zero-order valence-electron chi connectivity index (χ0n) is 14.3. The highest BCUT2D eigenvalue weighted by Crippen LogP contribution is 2.20.